The van der Waals surface area contributed by atoms with Crippen molar-refractivity contribution < 1.29 is 0 Å². The van der Waals surface area contributed by atoms with Crippen molar-refractivity contribution in [2.24, 2.45) is 5.92 Å². The molecule has 2 rings (SSSR count). The summed E-state index contributed by atoms with van der Waals surface area (Å²) in [5.74, 6) is 0.952. The third kappa shape index (κ3) is 3.96. The lowest BCUT2D eigenvalue weighted by Gasteiger charge is -2.31. The second-order valence-corrected chi connectivity index (χ2v) is 5.93. The van der Waals surface area contributed by atoms with Gasteiger partial charge in [-0.15, -0.1) is 0 Å². The average Bonchev–Trinajstić information content (AvgIpc) is 3.03. The Morgan fingerprint density at radius 1 is 1.12 bits per heavy atom. The van der Waals surface area contributed by atoms with Gasteiger partial charge < -0.3 is 5.32 Å². The van der Waals surface area contributed by atoms with Crippen molar-refractivity contribution in [1.29, 1.82) is 0 Å². The number of hydrogen-bond donors (Lipinski definition) is 1. The SMILES string of the molecule is CCCN(CC(NCC)C1CCCC1)C1CC1. The number of rotatable bonds is 8. The van der Waals surface area contributed by atoms with Crippen molar-refractivity contribution in [2.75, 3.05) is 19.6 Å². The van der Waals surface area contributed by atoms with E-state index in [1.54, 1.807) is 0 Å². The highest BCUT2D eigenvalue weighted by Crippen LogP contribution is 2.31. The highest BCUT2D eigenvalue weighted by molar-refractivity contribution is 4.89. The summed E-state index contributed by atoms with van der Waals surface area (Å²) in [6.45, 7) is 8.30. The Morgan fingerprint density at radius 2 is 1.82 bits per heavy atom. The fourth-order valence-corrected chi connectivity index (χ4v) is 3.40. The van der Waals surface area contributed by atoms with Gasteiger partial charge in [0, 0.05) is 18.6 Å². The minimum atomic E-state index is 0.759. The molecule has 0 aromatic rings. The van der Waals surface area contributed by atoms with E-state index in [1.807, 2.05) is 0 Å². The molecule has 0 spiro atoms. The maximum Gasteiger partial charge on any atom is 0.0223 e. The highest BCUT2D eigenvalue weighted by Gasteiger charge is 2.32. The Bertz CT molecular complexity index is 207. The second-order valence-electron chi connectivity index (χ2n) is 5.93. The molecule has 0 bridgehead atoms. The van der Waals surface area contributed by atoms with Crippen molar-refractivity contribution in [3.8, 4) is 0 Å². The lowest BCUT2D eigenvalue weighted by atomic mass is 9.97. The van der Waals surface area contributed by atoms with Gasteiger partial charge in [-0.3, -0.25) is 4.90 Å². The number of nitrogens with zero attached hydrogens (tertiary/aromatic N) is 1. The predicted molar refractivity (Wildman–Crippen MR) is 74.3 cm³/mol. The fraction of sp³-hybridized carbons (Fsp3) is 1.00. The smallest absolute Gasteiger partial charge is 0.0223 e. The molecule has 1 N–H and O–H groups in total. The summed E-state index contributed by atoms with van der Waals surface area (Å²) in [5, 5.41) is 3.75. The summed E-state index contributed by atoms with van der Waals surface area (Å²) >= 11 is 0. The standard InChI is InChI=1S/C15H30N2/c1-3-11-17(14-9-10-14)12-15(16-4-2)13-7-5-6-8-13/h13-16H,3-12H2,1-2H3. The maximum absolute atomic E-state index is 3.75. The first kappa shape index (κ1) is 13.4. The van der Waals surface area contributed by atoms with Crippen LogP contribution in [0.1, 0.15) is 58.8 Å². The maximum atomic E-state index is 3.75. The molecule has 2 heteroatoms. The normalized spacial score (nSPS) is 23.5. The molecule has 1 atom stereocenters. The monoisotopic (exact) mass is 238 g/mol. The molecule has 1 unspecified atom stereocenters. The van der Waals surface area contributed by atoms with Crippen LogP contribution in [0.5, 0.6) is 0 Å². The van der Waals surface area contributed by atoms with E-state index in [0.29, 0.717) is 0 Å². The summed E-state index contributed by atoms with van der Waals surface area (Å²) < 4.78 is 0. The van der Waals surface area contributed by atoms with Crippen molar-refractivity contribution in [3.05, 3.63) is 0 Å². The van der Waals surface area contributed by atoms with Crippen molar-refractivity contribution in [1.82, 2.24) is 10.2 Å². The Kier molecular flexibility index (Phi) is 5.30. The summed E-state index contributed by atoms with van der Waals surface area (Å²) in [7, 11) is 0. The second kappa shape index (κ2) is 6.75. The summed E-state index contributed by atoms with van der Waals surface area (Å²) in [6.07, 6.45) is 10.0. The fourth-order valence-electron chi connectivity index (χ4n) is 3.40. The van der Waals surface area contributed by atoms with Gasteiger partial charge >= 0.3 is 0 Å². The number of likely N-dealkylation sites (N-methyl/N-ethyl adjacent to an activating group) is 1. The van der Waals surface area contributed by atoms with Crippen LogP contribution in [0, 0.1) is 5.92 Å². The molecule has 2 nitrogen and oxygen atoms in total. The lowest BCUT2D eigenvalue weighted by Crippen LogP contribution is -2.46. The first-order valence-corrected chi connectivity index (χ1v) is 7.82. The minimum absolute atomic E-state index is 0.759. The zero-order valence-corrected chi connectivity index (χ0v) is 11.8. The molecule has 0 heterocycles. The van der Waals surface area contributed by atoms with Crippen molar-refractivity contribution in [3.63, 3.8) is 0 Å². The van der Waals surface area contributed by atoms with Gasteiger partial charge in [-0.2, -0.15) is 0 Å². The van der Waals surface area contributed by atoms with E-state index in [-0.39, 0.29) is 0 Å². The minimum Gasteiger partial charge on any atom is -0.313 e. The molecule has 0 radical (unpaired) electrons. The molecule has 0 aliphatic heterocycles. The third-order valence-corrected chi connectivity index (χ3v) is 4.44. The zero-order valence-electron chi connectivity index (χ0n) is 11.8. The van der Waals surface area contributed by atoms with E-state index in [2.05, 4.69) is 24.1 Å². The van der Waals surface area contributed by atoms with Gasteiger partial charge in [0.15, 0.2) is 0 Å². The van der Waals surface area contributed by atoms with Gasteiger partial charge in [0.1, 0.15) is 0 Å². The molecule has 2 aliphatic carbocycles. The molecule has 0 saturated heterocycles. The molecule has 2 aliphatic rings. The average molecular weight is 238 g/mol. The first-order chi connectivity index (χ1) is 8.35. The van der Waals surface area contributed by atoms with Crippen LogP contribution in [0.4, 0.5) is 0 Å². The van der Waals surface area contributed by atoms with Crippen LogP contribution in [0.3, 0.4) is 0 Å². The molecule has 0 amide bonds. The topological polar surface area (TPSA) is 15.3 Å². The number of hydrogen-bond acceptors (Lipinski definition) is 2. The predicted octanol–water partition coefficient (Wildman–Crippen LogP) is 3.03. The van der Waals surface area contributed by atoms with E-state index >= 15 is 0 Å². The zero-order chi connectivity index (χ0) is 12.1. The Balaban J connectivity index is 1.85. The lowest BCUT2D eigenvalue weighted by molar-refractivity contribution is 0.201. The molecular formula is C15H30N2. The van der Waals surface area contributed by atoms with Gasteiger partial charge in [0.25, 0.3) is 0 Å². The van der Waals surface area contributed by atoms with Crippen molar-refractivity contribution in [2.45, 2.75) is 70.9 Å². The molecule has 2 fully saturated rings. The Hall–Kier alpha value is -0.0800. The van der Waals surface area contributed by atoms with Crippen LogP contribution in [-0.4, -0.2) is 36.6 Å². The van der Waals surface area contributed by atoms with E-state index in [0.717, 1.165) is 24.5 Å². The van der Waals surface area contributed by atoms with E-state index in [9.17, 15) is 0 Å². The molecule has 17 heavy (non-hydrogen) atoms. The summed E-state index contributed by atoms with van der Waals surface area (Å²) in [5.41, 5.74) is 0. The third-order valence-electron chi connectivity index (χ3n) is 4.44. The van der Waals surface area contributed by atoms with Crippen LogP contribution >= 0.6 is 0 Å². The van der Waals surface area contributed by atoms with Crippen LogP contribution in [-0.2, 0) is 0 Å². The van der Waals surface area contributed by atoms with E-state index in [1.165, 1.54) is 58.0 Å². The molecular weight excluding hydrogens is 208 g/mol. The van der Waals surface area contributed by atoms with Crippen LogP contribution in [0.15, 0.2) is 0 Å². The van der Waals surface area contributed by atoms with Crippen LogP contribution < -0.4 is 5.32 Å². The van der Waals surface area contributed by atoms with E-state index in [4.69, 9.17) is 0 Å². The molecule has 0 aromatic heterocycles. The van der Waals surface area contributed by atoms with E-state index < -0.39 is 0 Å². The summed E-state index contributed by atoms with van der Waals surface area (Å²) in [4.78, 5) is 2.76. The first-order valence-electron chi connectivity index (χ1n) is 7.82. The van der Waals surface area contributed by atoms with Gasteiger partial charge in [-0.05, 0) is 51.1 Å². The summed E-state index contributed by atoms with van der Waals surface area (Å²) in [6, 6.07) is 1.69. The largest absolute Gasteiger partial charge is 0.313 e. The van der Waals surface area contributed by atoms with Crippen LogP contribution in [0.2, 0.25) is 0 Å². The highest BCUT2D eigenvalue weighted by atomic mass is 15.2. The van der Waals surface area contributed by atoms with Gasteiger partial charge in [0.2, 0.25) is 0 Å². The number of nitrogens with one attached hydrogen (secondary N) is 1. The quantitative estimate of drug-likeness (QED) is 0.699. The molecule has 2 saturated carbocycles. The van der Waals surface area contributed by atoms with Gasteiger partial charge in [-0.25, -0.2) is 0 Å². The van der Waals surface area contributed by atoms with Gasteiger partial charge in [-0.1, -0.05) is 26.7 Å². The molecule has 0 aromatic carbocycles. The van der Waals surface area contributed by atoms with Gasteiger partial charge in [0.05, 0.1) is 0 Å². The molecule has 100 valence electrons. The van der Waals surface area contributed by atoms with Crippen LogP contribution in [0.25, 0.3) is 0 Å². The Morgan fingerprint density at radius 3 is 2.35 bits per heavy atom. The van der Waals surface area contributed by atoms with Crippen molar-refractivity contribution >= 4 is 0 Å². The Labute approximate surface area is 107 Å².